The molecule has 2 unspecified atom stereocenters. The van der Waals surface area contributed by atoms with Crippen molar-refractivity contribution in [3.63, 3.8) is 0 Å². The topological polar surface area (TPSA) is 21.3 Å². The Morgan fingerprint density at radius 1 is 1.57 bits per heavy atom. The van der Waals surface area contributed by atoms with Gasteiger partial charge in [0, 0.05) is 12.0 Å². The van der Waals surface area contributed by atoms with Crippen molar-refractivity contribution in [3.8, 4) is 0 Å². The minimum Gasteiger partial charge on any atom is -0.380 e. The lowest BCUT2D eigenvalue weighted by Crippen LogP contribution is -2.30. The van der Waals surface area contributed by atoms with Gasteiger partial charge in [0.05, 0.1) is 12.1 Å². The Kier molecular flexibility index (Phi) is 4.58. The number of aryl methyl sites for hydroxylation is 1. The van der Waals surface area contributed by atoms with Crippen molar-refractivity contribution in [1.82, 2.24) is 5.32 Å². The van der Waals surface area contributed by atoms with Gasteiger partial charge in [0.1, 0.15) is 0 Å². The lowest BCUT2D eigenvalue weighted by Gasteiger charge is -2.22. The van der Waals surface area contributed by atoms with E-state index in [1.165, 1.54) is 10.4 Å². The highest BCUT2D eigenvalue weighted by Gasteiger charge is 2.18. The first-order valence-electron chi connectivity index (χ1n) is 5.00. The molecule has 0 saturated carbocycles. The van der Waals surface area contributed by atoms with E-state index in [1.54, 1.807) is 18.4 Å². The molecule has 0 fully saturated rings. The molecule has 0 radical (unpaired) electrons. The summed E-state index contributed by atoms with van der Waals surface area (Å²) in [7, 11) is 1.76. The van der Waals surface area contributed by atoms with Crippen LogP contribution < -0.4 is 5.32 Å². The van der Waals surface area contributed by atoms with E-state index in [0.29, 0.717) is 6.04 Å². The van der Waals surface area contributed by atoms with Gasteiger partial charge in [-0.15, -0.1) is 11.3 Å². The molecular weight excluding hydrogens is 194 g/mol. The van der Waals surface area contributed by atoms with Crippen LogP contribution in [0.25, 0.3) is 0 Å². The quantitative estimate of drug-likeness (QED) is 0.812. The van der Waals surface area contributed by atoms with Gasteiger partial charge in [-0.25, -0.2) is 0 Å². The van der Waals surface area contributed by atoms with Gasteiger partial charge in [-0.05, 0) is 37.4 Å². The van der Waals surface area contributed by atoms with Gasteiger partial charge >= 0.3 is 0 Å². The molecule has 2 nitrogen and oxygen atoms in total. The van der Waals surface area contributed by atoms with E-state index in [2.05, 4.69) is 37.5 Å². The molecule has 3 heteroatoms. The zero-order chi connectivity index (χ0) is 10.6. The summed E-state index contributed by atoms with van der Waals surface area (Å²) in [4.78, 5) is 1.35. The number of nitrogens with one attached hydrogen (secondary N) is 1. The Hall–Kier alpha value is -0.380. The zero-order valence-corrected chi connectivity index (χ0v) is 10.1. The van der Waals surface area contributed by atoms with E-state index in [1.807, 2.05) is 0 Å². The van der Waals surface area contributed by atoms with Crippen molar-refractivity contribution < 1.29 is 4.74 Å². The molecule has 80 valence electrons. The summed E-state index contributed by atoms with van der Waals surface area (Å²) in [6, 6.07) is 2.54. The van der Waals surface area contributed by atoms with Gasteiger partial charge in [0.15, 0.2) is 0 Å². The number of thiophene rings is 1. The van der Waals surface area contributed by atoms with Crippen LogP contribution in [-0.2, 0) is 4.74 Å². The maximum Gasteiger partial charge on any atom is 0.0738 e. The molecule has 14 heavy (non-hydrogen) atoms. The molecule has 1 N–H and O–H groups in total. The Morgan fingerprint density at radius 2 is 2.29 bits per heavy atom. The maximum atomic E-state index is 5.37. The van der Waals surface area contributed by atoms with Gasteiger partial charge in [-0.1, -0.05) is 6.92 Å². The SMILES string of the molecule is CCNC(c1csc(C)c1)C(C)OC. The van der Waals surface area contributed by atoms with Crippen LogP contribution in [0.2, 0.25) is 0 Å². The van der Waals surface area contributed by atoms with E-state index in [4.69, 9.17) is 4.74 Å². The predicted molar refractivity (Wildman–Crippen MR) is 61.9 cm³/mol. The number of hydrogen-bond acceptors (Lipinski definition) is 3. The van der Waals surface area contributed by atoms with Crippen LogP contribution in [0.1, 0.15) is 30.3 Å². The summed E-state index contributed by atoms with van der Waals surface area (Å²) in [5.74, 6) is 0. The molecule has 1 aromatic rings. The fourth-order valence-electron chi connectivity index (χ4n) is 1.54. The number of ether oxygens (including phenoxy) is 1. The molecule has 1 heterocycles. The van der Waals surface area contributed by atoms with Gasteiger partial charge in [0.25, 0.3) is 0 Å². The van der Waals surface area contributed by atoms with Crippen molar-refractivity contribution in [3.05, 3.63) is 21.9 Å². The van der Waals surface area contributed by atoms with Crippen LogP contribution in [0, 0.1) is 6.92 Å². The Labute approximate surface area is 90.3 Å². The molecule has 0 bridgehead atoms. The predicted octanol–water partition coefficient (Wildman–Crippen LogP) is 2.74. The lowest BCUT2D eigenvalue weighted by molar-refractivity contribution is 0.0837. The van der Waals surface area contributed by atoms with E-state index >= 15 is 0 Å². The highest BCUT2D eigenvalue weighted by molar-refractivity contribution is 7.10. The number of likely N-dealkylation sites (N-methyl/N-ethyl adjacent to an activating group) is 1. The van der Waals surface area contributed by atoms with Crippen molar-refractivity contribution in [2.24, 2.45) is 0 Å². The second-order valence-electron chi connectivity index (χ2n) is 3.47. The highest BCUT2D eigenvalue weighted by atomic mass is 32.1. The molecular formula is C11H19NOS. The van der Waals surface area contributed by atoms with Crippen LogP contribution in [-0.4, -0.2) is 19.8 Å². The fraction of sp³-hybridized carbons (Fsp3) is 0.636. The van der Waals surface area contributed by atoms with Crippen molar-refractivity contribution in [1.29, 1.82) is 0 Å². The largest absolute Gasteiger partial charge is 0.380 e. The van der Waals surface area contributed by atoms with E-state index in [9.17, 15) is 0 Å². The number of hydrogen-bond donors (Lipinski definition) is 1. The summed E-state index contributed by atoms with van der Waals surface area (Å²) in [5, 5.41) is 5.65. The first-order chi connectivity index (χ1) is 6.69. The Bertz CT molecular complexity index is 272. The van der Waals surface area contributed by atoms with Crippen LogP contribution in [0.4, 0.5) is 0 Å². The average Bonchev–Trinajstić information content (AvgIpc) is 2.60. The van der Waals surface area contributed by atoms with Gasteiger partial charge in [0.2, 0.25) is 0 Å². The molecule has 0 amide bonds. The monoisotopic (exact) mass is 213 g/mol. The normalized spacial score (nSPS) is 15.4. The third kappa shape index (κ3) is 2.80. The summed E-state index contributed by atoms with van der Waals surface area (Å²) >= 11 is 1.79. The van der Waals surface area contributed by atoms with Crippen LogP contribution >= 0.6 is 11.3 Å². The summed E-state index contributed by atoms with van der Waals surface area (Å²) < 4.78 is 5.37. The molecule has 0 aromatic carbocycles. The highest BCUT2D eigenvalue weighted by Crippen LogP contribution is 2.23. The molecule has 0 spiro atoms. The molecule has 0 saturated heterocycles. The van der Waals surface area contributed by atoms with Crippen molar-refractivity contribution in [2.45, 2.75) is 32.9 Å². The van der Waals surface area contributed by atoms with Gasteiger partial charge in [-0.3, -0.25) is 0 Å². The number of rotatable bonds is 5. The van der Waals surface area contributed by atoms with Crippen LogP contribution in [0.15, 0.2) is 11.4 Å². The molecule has 0 aliphatic heterocycles. The van der Waals surface area contributed by atoms with E-state index in [-0.39, 0.29) is 6.10 Å². The number of methoxy groups -OCH3 is 1. The van der Waals surface area contributed by atoms with Crippen molar-refractivity contribution in [2.75, 3.05) is 13.7 Å². The molecule has 1 rings (SSSR count). The summed E-state index contributed by atoms with van der Waals surface area (Å²) in [6.45, 7) is 7.32. The van der Waals surface area contributed by atoms with Gasteiger partial charge in [-0.2, -0.15) is 0 Å². The minimum absolute atomic E-state index is 0.212. The smallest absolute Gasteiger partial charge is 0.0738 e. The second-order valence-corrected chi connectivity index (χ2v) is 4.58. The first kappa shape index (κ1) is 11.7. The Balaban J connectivity index is 2.76. The Morgan fingerprint density at radius 3 is 2.71 bits per heavy atom. The minimum atomic E-state index is 0.212. The average molecular weight is 213 g/mol. The lowest BCUT2D eigenvalue weighted by atomic mass is 10.1. The van der Waals surface area contributed by atoms with Crippen LogP contribution in [0.5, 0.6) is 0 Å². The third-order valence-electron chi connectivity index (χ3n) is 2.38. The second kappa shape index (κ2) is 5.49. The summed E-state index contributed by atoms with van der Waals surface area (Å²) in [5.41, 5.74) is 1.34. The molecule has 1 aromatic heterocycles. The fourth-order valence-corrected chi connectivity index (χ4v) is 2.28. The standard InChI is InChI=1S/C11H19NOS/c1-5-12-11(9(3)13-4)10-6-8(2)14-7-10/h6-7,9,11-12H,5H2,1-4H3. The van der Waals surface area contributed by atoms with E-state index < -0.39 is 0 Å². The van der Waals surface area contributed by atoms with Crippen molar-refractivity contribution >= 4 is 11.3 Å². The molecule has 0 aliphatic carbocycles. The van der Waals surface area contributed by atoms with E-state index in [0.717, 1.165) is 6.54 Å². The van der Waals surface area contributed by atoms with Crippen LogP contribution in [0.3, 0.4) is 0 Å². The third-order valence-corrected chi connectivity index (χ3v) is 3.25. The summed E-state index contributed by atoms with van der Waals surface area (Å²) in [6.07, 6.45) is 0.212. The molecule has 0 aliphatic rings. The van der Waals surface area contributed by atoms with Gasteiger partial charge < -0.3 is 10.1 Å². The maximum absolute atomic E-state index is 5.37. The first-order valence-corrected chi connectivity index (χ1v) is 5.88. The molecule has 2 atom stereocenters. The zero-order valence-electron chi connectivity index (χ0n) is 9.33.